The van der Waals surface area contributed by atoms with Crippen LogP contribution in [0.4, 0.5) is 23.7 Å². The highest BCUT2D eigenvalue weighted by Crippen LogP contribution is 2.33. The van der Waals surface area contributed by atoms with E-state index in [4.69, 9.17) is 9.47 Å². The summed E-state index contributed by atoms with van der Waals surface area (Å²) in [6, 6.07) is 7.10. The molecule has 210 valence electrons. The molecule has 13 heteroatoms. The second kappa shape index (κ2) is 11.8. The van der Waals surface area contributed by atoms with Crippen molar-refractivity contribution in [1.29, 1.82) is 0 Å². The predicted molar refractivity (Wildman–Crippen MR) is 135 cm³/mol. The number of carbonyl (C=O) groups excluding carboxylic acids is 3. The molecule has 1 unspecified atom stereocenters. The Labute approximate surface area is 223 Å². The van der Waals surface area contributed by atoms with E-state index in [1.165, 1.54) is 0 Å². The summed E-state index contributed by atoms with van der Waals surface area (Å²) in [4.78, 5) is 39.5. The van der Waals surface area contributed by atoms with E-state index in [0.717, 1.165) is 24.2 Å². The topological polar surface area (TPSA) is 121 Å². The Morgan fingerprint density at radius 2 is 1.85 bits per heavy atom. The molecule has 4 amide bonds. The molecule has 2 aliphatic heterocycles. The van der Waals surface area contributed by atoms with Crippen molar-refractivity contribution in [2.45, 2.75) is 45.1 Å². The Morgan fingerprint density at radius 3 is 2.59 bits per heavy atom. The molecule has 1 saturated heterocycles. The minimum atomic E-state index is -4.69. The average molecular weight is 550 g/mol. The van der Waals surface area contributed by atoms with Gasteiger partial charge in [0.15, 0.2) is 11.5 Å². The third kappa shape index (κ3) is 7.53. The smallest absolute Gasteiger partial charge is 0.416 e. The van der Waals surface area contributed by atoms with Crippen molar-refractivity contribution in [3.8, 4) is 11.5 Å². The fourth-order valence-electron chi connectivity index (χ4n) is 4.36. The van der Waals surface area contributed by atoms with Gasteiger partial charge in [-0.15, -0.1) is 0 Å². The van der Waals surface area contributed by atoms with Gasteiger partial charge in [-0.3, -0.25) is 14.5 Å². The van der Waals surface area contributed by atoms with Crippen molar-refractivity contribution < 1.29 is 37.0 Å². The van der Waals surface area contributed by atoms with Gasteiger partial charge in [-0.1, -0.05) is 6.07 Å². The van der Waals surface area contributed by atoms with Gasteiger partial charge in [0.05, 0.1) is 23.4 Å². The van der Waals surface area contributed by atoms with Crippen LogP contribution < -0.4 is 30.7 Å². The summed E-state index contributed by atoms with van der Waals surface area (Å²) in [5.41, 5.74) is -0.534. The number of alkyl halides is 3. The van der Waals surface area contributed by atoms with E-state index in [1.807, 2.05) is 18.2 Å². The fourth-order valence-corrected chi connectivity index (χ4v) is 4.36. The van der Waals surface area contributed by atoms with Crippen LogP contribution in [-0.2, 0) is 17.5 Å². The minimum Gasteiger partial charge on any atom is -0.454 e. The number of nitrogens with zero attached hydrogens (tertiary/aromatic N) is 1. The van der Waals surface area contributed by atoms with E-state index >= 15 is 0 Å². The number of hydrogen-bond acceptors (Lipinski definition) is 6. The minimum absolute atomic E-state index is 0.117. The first-order valence-electron chi connectivity index (χ1n) is 12.4. The van der Waals surface area contributed by atoms with Crippen molar-refractivity contribution in [1.82, 2.24) is 20.9 Å². The number of benzene rings is 2. The van der Waals surface area contributed by atoms with Crippen LogP contribution in [0.5, 0.6) is 11.5 Å². The molecule has 39 heavy (non-hydrogen) atoms. The van der Waals surface area contributed by atoms with Gasteiger partial charge in [-0.05, 0) is 56.2 Å². The van der Waals surface area contributed by atoms with Crippen molar-refractivity contribution in [2.24, 2.45) is 0 Å². The van der Waals surface area contributed by atoms with Gasteiger partial charge >= 0.3 is 12.2 Å². The van der Waals surface area contributed by atoms with Gasteiger partial charge in [-0.2, -0.15) is 13.2 Å². The molecule has 1 atom stereocenters. The zero-order chi connectivity index (χ0) is 28.2. The SMILES string of the molecule is CC(C)NC(=O)Nc1ccc(C(F)(F)F)cc1C(=O)NCC(=O)NC1CCN(Cc2ccc3c(c2)OCO3)C1. The molecule has 2 aliphatic rings. The summed E-state index contributed by atoms with van der Waals surface area (Å²) in [6.45, 7) is 5.19. The zero-order valence-corrected chi connectivity index (χ0v) is 21.5. The number of urea groups is 1. The van der Waals surface area contributed by atoms with Gasteiger partial charge < -0.3 is 30.7 Å². The molecule has 1 fully saturated rings. The second-order valence-corrected chi connectivity index (χ2v) is 9.67. The summed E-state index contributed by atoms with van der Waals surface area (Å²) >= 11 is 0. The number of likely N-dealkylation sites (tertiary alicyclic amines) is 1. The lowest BCUT2D eigenvalue weighted by atomic mass is 10.1. The van der Waals surface area contributed by atoms with Crippen molar-refractivity contribution in [2.75, 3.05) is 31.7 Å². The summed E-state index contributed by atoms with van der Waals surface area (Å²) in [5, 5.41) is 10.1. The molecule has 0 saturated carbocycles. The number of anilines is 1. The Kier molecular flexibility index (Phi) is 8.48. The van der Waals surface area contributed by atoms with Crippen LogP contribution in [0, 0.1) is 0 Å². The molecule has 0 aromatic heterocycles. The summed E-state index contributed by atoms with van der Waals surface area (Å²) in [6.07, 6.45) is -3.99. The predicted octanol–water partition coefficient (Wildman–Crippen LogP) is 3.08. The third-order valence-electron chi connectivity index (χ3n) is 6.15. The lowest BCUT2D eigenvalue weighted by Crippen LogP contribution is -2.43. The highest BCUT2D eigenvalue weighted by atomic mass is 19.4. The maximum absolute atomic E-state index is 13.3. The average Bonchev–Trinajstić information content (AvgIpc) is 3.50. The first kappa shape index (κ1) is 28.0. The molecule has 0 radical (unpaired) electrons. The van der Waals surface area contributed by atoms with Crippen LogP contribution in [-0.4, -0.2) is 61.3 Å². The van der Waals surface area contributed by atoms with Crippen molar-refractivity contribution >= 4 is 23.5 Å². The van der Waals surface area contributed by atoms with E-state index in [2.05, 4.69) is 26.2 Å². The summed E-state index contributed by atoms with van der Waals surface area (Å²) < 4.78 is 50.5. The molecule has 4 rings (SSSR count). The van der Waals surface area contributed by atoms with Crippen LogP contribution in [0.2, 0.25) is 0 Å². The van der Waals surface area contributed by atoms with Gasteiger partial charge in [0.2, 0.25) is 12.7 Å². The lowest BCUT2D eigenvalue weighted by molar-refractivity contribution is -0.137. The number of amides is 4. The standard InChI is InChI=1S/C26H30F3N5O5/c1-15(2)31-25(37)33-20-5-4-17(26(27,28)29)10-19(20)24(36)30-11-23(35)32-18-7-8-34(13-18)12-16-3-6-21-22(9-16)39-14-38-21/h3-6,9-10,15,18H,7-8,11-14H2,1-2H3,(H,30,36)(H,32,35)(H2,31,33,37). The Bertz CT molecular complexity index is 1240. The number of hydrogen-bond donors (Lipinski definition) is 4. The van der Waals surface area contributed by atoms with Crippen LogP contribution in [0.25, 0.3) is 0 Å². The normalized spacial score (nSPS) is 16.7. The maximum Gasteiger partial charge on any atom is 0.416 e. The first-order valence-corrected chi connectivity index (χ1v) is 12.4. The van der Waals surface area contributed by atoms with Crippen LogP contribution >= 0.6 is 0 Å². The van der Waals surface area contributed by atoms with Gasteiger partial charge in [0.25, 0.3) is 5.91 Å². The fraction of sp³-hybridized carbons (Fsp3) is 0.423. The van der Waals surface area contributed by atoms with Crippen LogP contribution in [0.3, 0.4) is 0 Å². The molecular formula is C26H30F3N5O5. The number of halogens is 3. The summed E-state index contributed by atoms with van der Waals surface area (Å²) in [7, 11) is 0. The van der Waals surface area contributed by atoms with Gasteiger partial charge in [-0.25, -0.2) is 4.79 Å². The van der Waals surface area contributed by atoms with Crippen molar-refractivity contribution in [3.05, 3.63) is 53.1 Å². The number of rotatable bonds is 8. The van der Waals surface area contributed by atoms with E-state index in [1.54, 1.807) is 13.8 Å². The molecular weight excluding hydrogens is 519 g/mol. The van der Waals surface area contributed by atoms with E-state index in [0.29, 0.717) is 37.1 Å². The molecule has 4 N–H and O–H groups in total. The quantitative estimate of drug-likeness (QED) is 0.402. The largest absolute Gasteiger partial charge is 0.454 e. The highest BCUT2D eigenvalue weighted by Gasteiger charge is 2.32. The molecule has 2 aromatic rings. The van der Waals surface area contributed by atoms with Gasteiger partial charge in [0, 0.05) is 31.7 Å². The highest BCUT2D eigenvalue weighted by molar-refractivity contribution is 6.04. The molecule has 0 aliphatic carbocycles. The molecule has 2 heterocycles. The van der Waals surface area contributed by atoms with Crippen LogP contribution in [0.15, 0.2) is 36.4 Å². The maximum atomic E-state index is 13.3. The van der Waals surface area contributed by atoms with Gasteiger partial charge in [0.1, 0.15) is 0 Å². The molecule has 10 nitrogen and oxygen atoms in total. The molecule has 0 spiro atoms. The number of nitrogens with one attached hydrogen (secondary N) is 4. The Hall–Kier alpha value is -4.00. The number of carbonyl (C=O) groups is 3. The first-order chi connectivity index (χ1) is 18.5. The van der Waals surface area contributed by atoms with Crippen molar-refractivity contribution in [3.63, 3.8) is 0 Å². The van der Waals surface area contributed by atoms with Crippen LogP contribution in [0.1, 0.15) is 41.8 Å². The number of fused-ring (bicyclic) bond motifs is 1. The Morgan fingerprint density at radius 1 is 1.08 bits per heavy atom. The third-order valence-corrected chi connectivity index (χ3v) is 6.15. The lowest BCUT2D eigenvalue weighted by Gasteiger charge is -2.18. The molecule has 0 bridgehead atoms. The number of ether oxygens (including phenoxy) is 2. The van der Waals surface area contributed by atoms with E-state index < -0.39 is 41.7 Å². The second-order valence-electron chi connectivity index (χ2n) is 9.67. The molecule has 2 aromatic carbocycles. The summed E-state index contributed by atoms with van der Waals surface area (Å²) in [5.74, 6) is 0.00968. The Balaban J connectivity index is 1.31. The zero-order valence-electron chi connectivity index (χ0n) is 21.5. The monoisotopic (exact) mass is 549 g/mol. The van der Waals surface area contributed by atoms with E-state index in [-0.39, 0.29) is 24.6 Å². The van der Waals surface area contributed by atoms with E-state index in [9.17, 15) is 27.6 Å².